The first-order valence-electron chi connectivity index (χ1n) is 10.3. The first kappa shape index (κ1) is 28.4. The summed E-state index contributed by atoms with van der Waals surface area (Å²) in [7, 11) is 0. The lowest BCUT2D eigenvalue weighted by molar-refractivity contribution is -0.146. The van der Waals surface area contributed by atoms with Gasteiger partial charge in [-0.1, -0.05) is 0 Å². The predicted molar refractivity (Wildman–Crippen MR) is 109 cm³/mol. The largest absolute Gasteiger partial charge is 0.464 e. The Morgan fingerprint density at radius 3 is 0.968 bits per heavy atom. The molecule has 10 heteroatoms. The van der Waals surface area contributed by atoms with E-state index in [1.807, 2.05) is 0 Å². The lowest BCUT2D eigenvalue weighted by Gasteiger charge is -2.22. The van der Waals surface area contributed by atoms with Crippen molar-refractivity contribution < 1.29 is 43.0 Å². The van der Waals surface area contributed by atoms with Crippen molar-refractivity contribution in [3.05, 3.63) is 0 Å². The van der Waals surface area contributed by atoms with Crippen molar-refractivity contribution in [2.75, 3.05) is 39.5 Å². The number of esters is 3. The van der Waals surface area contributed by atoms with Crippen molar-refractivity contribution in [2.24, 2.45) is 0 Å². The zero-order valence-corrected chi connectivity index (χ0v) is 18.6. The van der Waals surface area contributed by atoms with Gasteiger partial charge in [-0.3, -0.25) is 19.3 Å². The maximum Gasteiger partial charge on any atom is 0.306 e. The first-order valence-corrected chi connectivity index (χ1v) is 10.3. The van der Waals surface area contributed by atoms with Crippen LogP contribution in [0, 0.1) is 0 Å². The number of hydrogen-bond acceptors (Lipinski definition) is 10. The summed E-state index contributed by atoms with van der Waals surface area (Å²) in [4.78, 5) is 69.3. The Kier molecular flexibility index (Phi) is 15.7. The third-order valence-corrected chi connectivity index (χ3v) is 4.06. The Labute approximate surface area is 182 Å². The molecule has 0 rings (SSSR count). The zero-order chi connectivity index (χ0) is 23.6. The monoisotopic (exact) mass is 443 g/mol. The summed E-state index contributed by atoms with van der Waals surface area (Å²) in [5.41, 5.74) is 0. The predicted octanol–water partition coefficient (Wildman–Crippen LogP) is 1.03. The van der Waals surface area contributed by atoms with Gasteiger partial charge in [0, 0.05) is 38.9 Å². The smallest absolute Gasteiger partial charge is 0.306 e. The minimum atomic E-state index is -0.485. The number of nitrogens with zero attached hydrogens (tertiary/aromatic N) is 1. The van der Waals surface area contributed by atoms with Gasteiger partial charge < -0.3 is 28.6 Å². The van der Waals surface area contributed by atoms with Gasteiger partial charge in [0.15, 0.2) is 0 Å². The maximum atomic E-state index is 11.6. The molecule has 0 aliphatic rings. The lowest BCUT2D eigenvalue weighted by Crippen LogP contribution is -2.35. The molecule has 0 aliphatic carbocycles. The molecular formula is C21H33NO9. The molecule has 0 aromatic rings. The SMILES string of the molecule is CC(=O)CCC(=O)OCCN(CCOC(=O)CCC(C)=O)CCOC(=O)CCC(C)=O. The minimum Gasteiger partial charge on any atom is -0.464 e. The second-order valence-corrected chi connectivity index (χ2v) is 7.11. The Bertz CT molecular complexity index is 545. The third kappa shape index (κ3) is 19.1. The molecule has 0 saturated heterocycles. The van der Waals surface area contributed by atoms with E-state index in [4.69, 9.17) is 14.2 Å². The van der Waals surface area contributed by atoms with E-state index in [2.05, 4.69) is 0 Å². The molecule has 0 fully saturated rings. The molecule has 0 unspecified atom stereocenters. The topological polar surface area (TPSA) is 133 Å². The summed E-state index contributed by atoms with van der Waals surface area (Å²) in [6.07, 6.45) is 0.392. The Hall–Kier alpha value is -2.62. The number of Topliss-reactive ketones (excluding diaryl/α,β-unsaturated/α-hetero) is 3. The van der Waals surface area contributed by atoms with Gasteiger partial charge in [-0.15, -0.1) is 0 Å². The van der Waals surface area contributed by atoms with Crippen molar-refractivity contribution in [2.45, 2.75) is 59.3 Å². The van der Waals surface area contributed by atoms with E-state index >= 15 is 0 Å². The Morgan fingerprint density at radius 2 is 0.742 bits per heavy atom. The fourth-order valence-electron chi connectivity index (χ4n) is 2.25. The van der Waals surface area contributed by atoms with Crippen molar-refractivity contribution in [1.29, 1.82) is 0 Å². The fourth-order valence-corrected chi connectivity index (χ4v) is 2.25. The molecule has 176 valence electrons. The van der Waals surface area contributed by atoms with Crippen LogP contribution in [-0.4, -0.2) is 79.6 Å². The van der Waals surface area contributed by atoms with Crippen molar-refractivity contribution >= 4 is 35.3 Å². The summed E-state index contributed by atoms with van der Waals surface area (Å²) in [6, 6.07) is 0. The lowest BCUT2D eigenvalue weighted by atomic mass is 10.2. The van der Waals surface area contributed by atoms with Crippen LogP contribution in [0.2, 0.25) is 0 Å². The van der Waals surface area contributed by atoms with Gasteiger partial charge in [-0.2, -0.15) is 0 Å². The standard InChI is InChI=1S/C21H33NO9/c1-16(23)4-7-19(26)29-13-10-22(11-14-30-20(27)8-5-17(2)24)12-15-31-21(28)9-6-18(3)25/h4-15H2,1-3H3. The van der Waals surface area contributed by atoms with E-state index in [9.17, 15) is 28.8 Å². The molecule has 0 radical (unpaired) electrons. The summed E-state index contributed by atoms with van der Waals surface area (Å²) in [6.45, 7) is 5.29. The summed E-state index contributed by atoms with van der Waals surface area (Å²) in [5, 5.41) is 0. The molecule has 0 aliphatic heterocycles. The molecule has 0 spiro atoms. The number of carbonyl (C=O) groups is 6. The highest BCUT2D eigenvalue weighted by molar-refractivity contribution is 5.82. The number of hydrogen-bond donors (Lipinski definition) is 0. The fraction of sp³-hybridized carbons (Fsp3) is 0.714. The first-order chi connectivity index (χ1) is 14.6. The molecule has 0 atom stereocenters. The number of ether oxygens (including phenoxy) is 3. The second kappa shape index (κ2) is 17.1. The van der Waals surface area contributed by atoms with Crippen LogP contribution in [0.4, 0.5) is 0 Å². The number of rotatable bonds is 18. The third-order valence-electron chi connectivity index (χ3n) is 4.06. The van der Waals surface area contributed by atoms with E-state index in [0.29, 0.717) is 19.6 Å². The van der Waals surface area contributed by atoms with Crippen LogP contribution >= 0.6 is 0 Å². The van der Waals surface area contributed by atoms with Crippen LogP contribution in [-0.2, 0) is 43.0 Å². The molecule has 31 heavy (non-hydrogen) atoms. The summed E-state index contributed by atoms with van der Waals surface area (Å²) < 4.78 is 15.3. The van der Waals surface area contributed by atoms with Gasteiger partial charge in [-0.25, -0.2) is 0 Å². The van der Waals surface area contributed by atoms with Gasteiger partial charge in [0.1, 0.15) is 37.2 Å². The van der Waals surface area contributed by atoms with E-state index in [1.165, 1.54) is 20.8 Å². The van der Waals surface area contributed by atoms with Crippen LogP contribution in [0.5, 0.6) is 0 Å². The molecular weight excluding hydrogens is 410 g/mol. The van der Waals surface area contributed by atoms with Gasteiger partial charge in [0.05, 0.1) is 19.3 Å². The average molecular weight is 443 g/mol. The van der Waals surface area contributed by atoms with Crippen molar-refractivity contribution in [3.63, 3.8) is 0 Å². The summed E-state index contributed by atoms with van der Waals surface area (Å²) >= 11 is 0. The van der Waals surface area contributed by atoms with Gasteiger partial charge in [0.25, 0.3) is 0 Å². The highest BCUT2D eigenvalue weighted by Gasteiger charge is 2.12. The molecule has 0 aromatic carbocycles. The summed E-state index contributed by atoms with van der Waals surface area (Å²) in [5.74, 6) is -1.75. The van der Waals surface area contributed by atoms with Crippen LogP contribution in [0.3, 0.4) is 0 Å². The maximum absolute atomic E-state index is 11.6. The molecule has 0 saturated carbocycles. The highest BCUT2D eigenvalue weighted by atomic mass is 16.5. The van der Waals surface area contributed by atoms with Gasteiger partial charge in [0.2, 0.25) is 0 Å². The van der Waals surface area contributed by atoms with E-state index < -0.39 is 17.9 Å². The van der Waals surface area contributed by atoms with Gasteiger partial charge >= 0.3 is 17.9 Å². The number of carbonyl (C=O) groups excluding carboxylic acids is 6. The Morgan fingerprint density at radius 1 is 0.484 bits per heavy atom. The van der Waals surface area contributed by atoms with E-state index in [-0.39, 0.29) is 75.7 Å². The van der Waals surface area contributed by atoms with Crippen LogP contribution in [0.25, 0.3) is 0 Å². The average Bonchev–Trinajstić information content (AvgIpc) is 2.68. The van der Waals surface area contributed by atoms with E-state index in [0.717, 1.165) is 0 Å². The molecule has 0 heterocycles. The molecule has 0 amide bonds. The molecule has 0 bridgehead atoms. The molecule has 10 nitrogen and oxygen atoms in total. The van der Waals surface area contributed by atoms with Crippen LogP contribution < -0.4 is 0 Å². The molecule has 0 N–H and O–H groups in total. The van der Waals surface area contributed by atoms with Crippen molar-refractivity contribution in [1.82, 2.24) is 4.90 Å². The highest BCUT2D eigenvalue weighted by Crippen LogP contribution is 1.99. The second-order valence-electron chi connectivity index (χ2n) is 7.11. The quantitative estimate of drug-likeness (QED) is 0.223. The van der Waals surface area contributed by atoms with Crippen LogP contribution in [0.15, 0.2) is 0 Å². The zero-order valence-electron chi connectivity index (χ0n) is 18.6. The molecule has 0 aromatic heterocycles. The van der Waals surface area contributed by atoms with Crippen molar-refractivity contribution in [3.8, 4) is 0 Å². The minimum absolute atomic E-state index is 0.0108. The van der Waals surface area contributed by atoms with Crippen LogP contribution in [0.1, 0.15) is 59.3 Å². The normalized spacial score (nSPS) is 10.5. The van der Waals surface area contributed by atoms with Gasteiger partial charge in [-0.05, 0) is 20.8 Å². The van der Waals surface area contributed by atoms with E-state index in [1.54, 1.807) is 4.90 Å². The number of ketones is 3. The Balaban J connectivity index is 4.39.